The lowest BCUT2D eigenvalue weighted by Crippen LogP contribution is -2.43. The summed E-state index contributed by atoms with van der Waals surface area (Å²) in [5, 5.41) is 10.6. The Hall–Kier alpha value is -1.85. The molecule has 0 saturated carbocycles. The molecule has 1 N–H and O–H groups in total. The van der Waals surface area contributed by atoms with E-state index in [-0.39, 0.29) is 6.04 Å². The zero-order valence-electron chi connectivity index (χ0n) is 14.1. The number of rotatable bonds is 4. The lowest BCUT2D eigenvalue weighted by Gasteiger charge is -2.32. The number of carboxylic acid groups (broad SMARTS) is 1. The smallest absolute Gasteiger partial charge is 0.337 e. The van der Waals surface area contributed by atoms with Crippen LogP contribution in [-0.2, 0) is 6.54 Å². The van der Waals surface area contributed by atoms with Crippen molar-refractivity contribution in [1.82, 2.24) is 14.4 Å². The third-order valence-corrected chi connectivity index (χ3v) is 4.71. The summed E-state index contributed by atoms with van der Waals surface area (Å²) in [6.07, 6.45) is 2.14. The molecule has 1 saturated heterocycles. The standard InChI is InChI=1S/C18H25N3O2/c1-13(2)21-12-14(11-20-9-7-19(3)8-10-20)15-5-4-6-16(17(15)21)18(22)23/h4-6,12-13H,7-11H2,1-3H3,(H,22,23). The molecule has 0 spiro atoms. The minimum atomic E-state index is -0.859. The van der Waals surface area contributed by atoms with E-state index in [9.17, 15) is 9.90 Å². The number of piperazine rings is 1. The topological polar surface area (TPSA) is 48.7 Å². The van der Waals surface area contributed by atoms with Gasteiger partial charge in [0.25, 0.3) is 0 Å². The van der Waals surface area contributed by atoms with Crippen molar-refractivity contribution >= 4 is 16.9 Å². The van der Waals surface area contributed by atoms with Gasteiger partial charge in [0, 0.05) is 50.3 Å². The van der Waals surface area contributed by atoms with Gasteiger partial charge in [-0.2, -0.15) is 0 Å². The molecule has 0 unspecified atom stereocenters. The molecule has 1 aliphatic heterocycles. The lowest BCUT2D eigenvalue weighted by molar-refractivity contribution is 0.0698. The van der Waals surface area contributed by atoms with E-state index in [2.05, 4.69) is 41.5 Å². The molecule has 0 atom stereocenters. The number of aromatic carboxylic acids is 1. The average molecular weight is 315 g/mol. The highest BCUT2D eigenvalue weighted by atomic mass is 16.4. The highest BCUT2D eigenvalue weighted by Gasteiger charge is 2.20. The third-order valence-electron chi connectivity index (χ3n) is 4.71. The van der Waals surface area contributed by atoms with Crippen LogP contribution in [0.4, 0.5) is 0 Å². The fraction of sp³-hybridized carbons (Fsp3) is 0.500. The molecule has 1 fully saturated rings. The van der Waals surface area contributed by atoms with E-state index in [1.807, 2.05) is 12.1 Å². The normalized spacial score (nSPS) is 17.2. The number of para-hydroxylation sites is 1. The van der Waals surface area contributed by atoms with Gasteiger partial charge < -0.3 is 14.6 Å². The van der Waals surface area contributed by atoms with Crippen molar-refractivity contribution < 1.29 is 9.90 Å². The summed E-state index contributed by atoms with van der Waals surface area (Å²) in [6.45, 7) is 9.36. The molecule has 0 aliphatic carbocycles. The molecule has 23 heavy (non-hydrogen) atoms. The first-order chi connectivity index (χ1) is 11.0. The zero-order valence-corrected chi connectivity index (χ0v) is 14.1. The van der Waals surface area contributed by atoms with Crippen molar-refractivity contribution in [2.75, 3.05) is 33.2 Å². The van der Waals surface area contributed by atoms with Gasteiger partial charge in [0.2, 0.25) is 0 Å². The molecule has 2 heterocycles. The molecule has 5 nitrogen and oxygen atoms in total. The van der Waals surface area contributed by atoms with Gasteiger partial charge in [-0.3, -0.25) is 4.90 Å². The number of benzene rings is 1. The second-order valence-corrected chi connectivity index (χ2v) is 6.74. The number of hydrogen-bond acceptors (Lipinski definition) is 3. The van der Waals surface area contributed by atoms with Gasteiger partial charge in [0.15, 0.2) is 0 Å². The van der Waals surface area contributed by atoms with Gasteiger partial charge in [-0.25, -0.2) is 4.79 Å². The molecular formula is C18H25N3O2. The third kappa shape index (κ3) is 3.12. The SMILES string of the molecule is CC(C)n1cc(CN2CCN(C)CC2)c2cccc(C(=O)O)c21. The maximum atomic E-state index is 11.6. The Morgan fingerprint density at radius 2 is 1.91 bits per heavy atom. The fourth-order valence-electron chi connectivity index (χ4n) is 3.34. The zero-order chi connectivity index (χ0) is 16.6. The van der Waals surface area contributed by atoms with Crippen LogP contribution in [-0.4, -0.2) is 58.7 Å². The van der Waals surface area contributed by atoms with Crippen molar-refractivity contribution in [3.8, 4) is 0 Å². The van der Waals surface area contributed by atoms with E-state index in [1.54, 1.807) is 6.07 Å². The van der Waals surface area contributed by atoms with Crippen molar-refractivity contribution in [2.45, 2.75) is 26.4 Å². The highest BCUT2D eigenvalue weighted by molar-refractivity contribution is 6.03. The lowest BCUT2D eigenvalue weighted by atomic mass is 10.1. The van der Waals surface area contributed by atoms with Crippen LogP contribution in [0.3, 0.4) is 0 Å². The van der Waals surface area contributed by atoms with Gasteiger partial charge >= 0.3 is 5.97 Å². The van der Waals surface area contributed by atoms with Crippen LogP contribution in [0.15, 0.2) is 24.4 Å². The molecule has 1 aliphatic rings. The van der Waals surface area contributed by atoms with Crippen molar-refractivity contribution in [1.29, 1.82) is 0 Å². The average Bonchev–Trinajstić information content (AvgIpc) is 2.88. The Kier molecular flexibility index (Phi) is 4.41. The van der Waals surface area contributed by atoms with Crippen LogP contribution >= 0.6 is 0 Å². The number of likely N-dealkylation sites (N-methyl/N-ethyl adjacent to an activating group) is 1. The summed E-state index contributed by atoms with van der Waals surface area (Å²) in [7, 11) is 2.15. The Balaban J connectivity index is 2.01. The summed E-state index contributed by atoms with van der Waals surface area (Å²) in [6, 6.07) is 5.83. The monoisotopic (exact) mass is 315 g/mol. The number of carbonyl (C=O) groups is 1. The van der Waals surface area contributed by atoms with Crippen molar-refractivity contribution in [3.63, 3.8) is 0 Å². The van der Waals surface area contributed by atoms with Crippen LogP contribution < -0.4 is 0 Å². The molecule has 0 bridgehead atoms. The maximum absolute atomic E-state index is 11.6. The summed E-state index contributed by atoms with van der Waals surface area (Å²) in [5.41, 5.74) is 2.46. The quantitative estimate of drug-likeness (QED) is 0.942. The molecular weight excluding hydrogens is 290 g/mol. The summed E-state index contributed by atoms with van der Waals surface area (Å²) >= 11 is 0. The van der Waals surface area contributed by atoms with Crippen LogP contribution in [0.5, 0.6) is 0 Å². The van der Waals surface area contributed by atoms with Gasteiger partial charge in [-0.05, 0) is 32.5 Å². The Morgan fingerprint density at radius 1 is 1.22 bits per heavy atom. The van der Waals surface area contributed by atoms with Gasteiger partial charge in [0.05, 0.1) is 11.1 Å². The van der Waals surface area contributed by atoms with Gasteiger partial charge in [-0.15, -0.1) is 0 Å². The number of fused-ring (bicyclic) bond motifs is 1. The second-order valence-electron chi connectivity index (χ2n) is 6.74. The van der Waals surface area contributed by atoms with Crippen molar-refractivity contribution in [2.24, 2.45) is 0 Å². The minimum absolute atomic E-state index is 0.235. The van der Waals surface area contributed by atoms with Crippen LogP contribution in [0.25, 0.3) is 10.9 Å². The second kappa shape index (κ2) is 6.34. The van der Waals surface area contributed by atoms with Crippen LogP contribution in [0, 0.1) is 0 Å². The van der Waals surface area contributed by atoms with E-state index in [4.69, 9.17) is 0 Å². The molecule has 0 radical (unpaired) electrons. The first-order valence-electron chi connectivity index (χ1n) is 8.24. The van der Waals surface area contributed by atoms with Gasteiger partial charge in [0.1, 0.15) is 0 Å². The molecule has 2 aromatic rings. The van der Waals surface area contributed by atoms with Crippen molar-refractivity contribution in [3.05, 3.63) is 35.5 Å². The molecule has 124 valence electrons. The first-order valence-corrected chi connectivity index (χ1v) is 8.24. The number of nitrogens with zero attached hydrogens (tertiary/aromatic N) is 3. The Labute approximate surface area is 137 Å². The number of carboxylic acids is 1. The minimum Gasteiger partial charge on any atom is -0.478 e. The largest absolute Gasteiger partial charge is 0.478 e. The van der Waals surface area contributed by atoms with E-state index >= 15 is 0 Å². The molecule has 0 amide bonds. The maximum Gasteiger partial charge on any atom is 0.337 e. The Morgan fingerprint density at radius 3 is 2.52 bits per heavy atom. The molecule has 3 rings (SSSR count). The predicted molar refractivity (Wildman–Crippen MR) is 92.1 cm³/mol. The highest BCUT2D eigenvalue weighted by Crippen LogP contribution is 2.29. The first kappa shape index (κ1) is 16.0. The molecule has 5 heteroatoms. The number of hydrogen-bond donors (Lipinski definition) is 1. The van der Waals surface area contributed by atoms with Crippen LogP contribution in [0.1, 0.15) is 35.8 Å². The fourth-order valence-corrected chi connectivity index (χ4v) is 3.34. The predicted octanol–water partition coefficient (Wildman–Crippen LogP) is 2.67. The van der Waals surface area contributed by atoms with E-state index < -0.39 is 5.97 Å². The van der Waals surface area contributed by atoms with Gasteiger partial charge in [-0.1, -0.05) is 12.1 Å². The van der Waals surface area contributed by atoms with E-state index in [0.29, 0.717) is 5.56 Å². The Bertz CT molecular complexity index is 712. The van der Waals surface area contributed by atoms with E-state index in [1.165, 1.54) is 5.56 Å². The summed E-state index contributed by atoms with van der Waals surface area (Å²) in [4.78, 5) is 16.4. The number of aromatic nitrogens is 1. The van der Waals surface area contributed by atoms with Crippen LogP contribution in [0.2, 0.25) is 0 Å². The molecule has 1 aromatic heterocycles. The summed E-state index contributed by atoms with van der Waals surface area (Å²) < 4.78 is 2.10. The van der Waals surface area contributed by atoms with E-state index in [0.717, 1.165) is 43.6 Å². The summed E-state index contributed by atoms with van der Waals surface area (Å²) in [5.74, 6) is -0.859. The molecule has 1 aromatic carbocycles.